The van der Waals surface area contributed by atoms with E-state index in [4.69, 9.17) is 4.74 Å². The van der Waals surface area contributed by atoms with Crippen LogP contribution in [0.4, 0.5) is 18.0 Å². The van der Waals surface area contributed by atoms with E-state index in [9.17, 15) is 26.4 Å². The zero-order chi connectivity index (χ0) is 17.9. The van der Waals surface area contributed by atoms with Crippen molar-refractivity contribution in [2.24, 2.45) is 0 Å². The van der Waals surface area contributed by atoms with Gasteiger partial charge in [-0.05, 0) is 32.9 Å². The van der Waals surface area contributed by atoms with E-state index < -0.39 is 44.1 Å². The third kappa shape index (κ3) is 6.43. The Morgan fingerprint density at radius 3 is 2.30 bits per heavy atom. The molecule has 0 saturated heterocycles. The number of amides is 1. The molecule has 0 atom stereocenters. The minimum absolute atomic E-state index is 0.250. The molecule has 1 amide bonds. The molecular weight excluding hydrogens is 337 g/mol. The van der Waals surface area contributed by atoms with Crippen molar-refractivity contribution in [2.75, 3.05) is 12.3 Å². The monoisotopic (exact) mass is 354 g/mol. The van der Waals surface area contributed by atoms with Gasteiger partial charge in [0.05, 0.1) is 11.3 Å². The lowest BCUT2D eigenvalue weighted by Crippen LogP contribution is -2.35. The molecule has 0 radical (unpaired) electrons. The summed E-state index contributed by atoms with van der Waals surface area (Å²) in [5.74, 6) is -0.509. The van der Waals surface area contributed by atoms with Crippen molar-refractivity contribution in [2.45, 2.75) is 37.6 Å². The summed E-state index contributed by atoms with van der Waals surface area (Å²) in [6.45, 7) is 4.69. The Morgan fingerprint density at radius 1 is 1.26 bits per heavy atom. The molecule has 0 aliphatic rings. The average Bonchev–Trinajstić information content (AvgIpc) is 2.35. The summed E-state index contributed by atoms with van der Waals surface area (Å²) in [5, 5.41) is 1.76. The Morgan fingerprint density at radius 2 is 1.87 bits per heavy atom. The number of sulfone groups is 1. The van der Waals surface area contributed by atoms with Gasteiger partial charge in [-0.3, -0.25) is 0 Å². The molecule has 1 aromatic rings. The highest BCUT2D eigenvalue weighted by Gasteiger charge is 2.31. The molecule has 23 heavy (non-hydrogen) atoms. The van der Waals surface area contributed by atoms with Gasteiger partial charge in [-0.2, -0.15) is 13.2 Å². The smallest absolute Gasteiger partial charge is 0.417 e. The first-order chi connectivity index (χ1) is 10.3. The lowest BCUT2D eigenvalue weighted by molar-refractivity contribution is -0.137. The third-order valence-electron chi connectivity index (χ3n) is 2.42. The van der Waals surface area contributed by atoms with E-state index in [1.807, 2.05) is 0 Å². The maximum atomic E-state index is 12.4. The van der Waals surface area contributed by atoms with Crippen molar-refractivity contribution < 1.29 is 31.1 Å². The normalized spacial score (nSPS) is 12.8. The molecule has 0 aliphatic carbocycles. The van der Waals surface area contributed by atoms with Crippen LogP contribution in [0.2, 0.25) is 0 Å². The van der Waals surface area contributed by atoms with Crippen LogP contribution in [0.1, 0.15) is 26.3 Å². The molecule has 1 N–H and O–H groups in total. The summed E-state index contributed by atoms with van der Waals surface area (Å²) in [7, 11) is -3.91. The molecule has 0 fully saturated rings. The predicted molar refractivity (Wildman–Crippen MR) is 75.5 cm³/mol. The van der Waals surface area contributed by atoms with Crippen molar-refractivity contribution in [3.8, 4) is 0 Å². The number of nitrogens with zero attached hydrogens (tertiary/aromatic N) is 1. The van der Waals surface area contributed by atoms with Crippen molar-refractivity contribution in [3.63, 3.8) is 0 Å². The van der Waals surface area contributed by atoms with E-state index in [2.05, 4.69) is 10.3 Å². The van der Waals surface area contributed by atoms with Crippen LogP contribution in [0.25, 0.3) is 0 Å². The molecule has 1 aromatic heterocycles. The van der Waals surface area contributed by atoms with Crippen molar-refractivity contribution >= 4 is 15.9 Å². The molecule has 10 heteroatoms. The van der Waals surface area contributed by atoms with Crippen LogP contribution >= 0.6 is 0 Å². The number of ether oxygens (including phenoxy) is 1. The average molecular weight is 354 g/mol. The zero-order valence-electron chi connectivity index (χ0n) is 12.8. The van der Waals surface area contributed by atoms with Crippen molar-refractivity contribution in [1.82, 2.24) is 10.3 Å². The van der Waals surface area contributed by atoms with Gasteiger partial charge >= 0.3 is 12.3 Å². The van der Waals surface area contributed by atoms with E-state index in [0.717, 1.165) is 6.07 Å². The van der Waals surface area contributed by atoms with Crippen molar-refractivity contribution in [3.05, 3.63) is 23.9 Å². The lowest BCUT2D eigenvalue weighted by Gasteiger charge is -2.19. The maximum absolute atomic E-state index is 12.4. The highest BCUT2D eigenvalue weighted by molar-refractivity contribution is 7.91. The Labute approximate surface area is 132 Å². The minimum Gasteiger partial charge on any atom is -0.444 e. The number of carbonyl (C=O) groups is 1. The molecule has 0 saturated carbocycles. The van der Waals surface area contributed by atoms with Crippen LogP contribution in [0.3, 0.4) is 0 Å². The molecule has 0 aliphatic heterocycles. The van der Waals surface area contributed by atoms with Crippen LogP contribution < -0.4 is 5.32 Å². The number of alkyl carbamates (subject to hydrolysis) is 1. The van der Waals surface area contributed by atoms with Crippen LogP contribution in [0.15, 0.2) is 23.4 Å². The van der Waals surface area contributed by atoms with Gasteiger partial charge in [0.2, 0.25) is 0 Å². The van der Waals surface area contributed by atoms with Gasteiger partial charge in [0.1, 0.15) is 5.60 Å². The molecule has 1 heterocycles. The number of halogens is 3. The van der Waals surface area contributed by atoms with Gasteiger partial charge in [0.25, 0.3) is 0 Å². The number of pyridine rings is 1. The Hall–Kier alpha value is -1.84. The number of hydrogen-bond acceptors (Lipinski definition) is 5. The summed E-state index contributed by atoms with van der Waals surface area (Å²) >= 11 is 0. The molecule has 1 rings (SSSR count). The molecular formula is C13H17F3N2O4S. The third-order valence-corrected chi connectivity index (χ3v) is 4.04. The van der Waals surface area contributed by atoms with Crippen LogP contribution in [-0.4, -0.2) is 37.4 Å². The molecule has 0 spiro atoms. The van der Waals surface area contributed by atoms with Gasteiger partial charge in [-0.1, -0.05) is 0 Å². The first-order valence-corrected chi connectivity index (χ1v) is 8.19. The fraction of sp³-hybridized carbons (Fsp3) is 0.538. The summed E-state index contributed by atoms with van der Waals surface area (Å²) in [6, 6.07) is 1.42. The van der Waals surface area contributed by atoms with Crippen molar-refractivity contribution in [1.29, 1.82) is 0 Å². The number of alkyl halides is 3. The maximum Gasteiger partial charge on any atom is 0.417 e. The van der Waals surface area contributed by atoms with E-state index >= 15 is 0 Å². The van der Waals surface area contributed by atoms with E-state index in [1.165, 1.54) is 0 Å². The fourth-order valence-electron chi connectivity index (χ4n) is 1.44. The van der Waals surface area contributed by atoms with Gasteiger partial charge in [-0.25, -0.2) is 18.2 Å². The second kappa shape index (κ2) is 6.73. The molecule has 130 valence electrons. The first-order valence-electron chi connectivity index (χ1n) is 6.54. The quantitative estimate of drug-likeness (QED) is 0.897. The number of aromatic nitrogens is 1. The zero-order valence-corrected chi connectivity index (χ0v) is 13.6. The summed E-state index contributed by atoms with van der Waals surface area (Å²) < 4.78 is 66.0. The summed E-state index contributed by atoms with van der Waals surface area (Å²) in [6.07, 6.45) is -4.92. The fourth-order valence-corrected chi connectivity index (χ4v) is 2.51. The molecule has 0 unspecified atom stereocenters. The Balaban J connectivity index is 2.65. The number of hydrogen-bond donors (Lipinski definition) is 1. The first kappa shape index (κ1) is 19.2. The largest absolute Gasteiger partial charge is 0.444 e. The molecule has 6 nitrogen and oxygen atoms in total. The second-order valence-corrected chi connectivity index (χ2v) is 7.69. The van der Waals surface area contributed by atoms with Gasteiger partial charge < -0.3 is 10.1 Å². The van der Waals surface area contributed by atoms with Crippen LogP contribution in [0, 0.1) is 0 Å². The minimum atomic E-state index is -4.59. The van der Waals surface area contributed by atoms with Gasteiger partial charge in [0, 0.05) is 12.7 Å². The summed E-state index contributed by atoms with van der Waals surface area (Å²) in [5.41, 5.74) is -1.76. The Kier molecular flexibility index (Phi) is 5.62. The SMILES string of the molecule is CC(C)(C)OC(=O)NCCS(=O)(=O)c1ccc(C(F)(F)F)cn1. The van der Waals surface area contributed by atoms with Crippen LogP contribution in [-0.2, 0) is 20.8 Å². The lowest BCUT2D eigenvalue weighted by atomic mass is 10.2. The topological polar surface area (TPSA) is 85.4 Å². The Bertz CT molecular complexity index is 649. The van der Waals surface area contributed by atoms with Gasteiger partial charge in [0.15, 0.2) is 14.9 Å². The van der Waals surface area contributed by atoms with E-state index in [1.54, 1.807) is 20.8 Å². The second-order valence-electron chi connectivity index (χ2n) is 5.63. The highest BCUT2D eigenvalue weighted by Crippen LogP contribution is 2.28. The number of nitrogens with one attached hydrogen (secondary N) is 1. The highest BCUT2D eigenvalue weighted by atomic mass is 32.2. The predicted octanol–water partition coefficient (Wildman–Crippen LogP) is 2.40. The van der Waals surface area contributed by atoms with E-state index in [-0.39, 0.29) is 6.54 Å². The molecule has 0 aromatic carbocycles. The van der Waals surface area contributed by atoms with Gasteiger partial charge in [-0.15, -0.1) is 0 Å². The van der Waals surface area contributed by atoms with E-state index in [0.29, 0.717) is 12.3 Å². The number of carbonyl (C=O) groups excluding carboxylic acids is 1. The standard InChI is InChI=1S/C13H17F3N2O4S/c1-12(2,3)22-11(19)17-6-7-23(20,21)10-5-4-9(8-18-10)13(14,15)16/h4-5,8H,6-7H2,1-3H3,(H,17,19). The molecule has 0 bridgehead atoms. The summed E-state index contributed by atoms with van der Waals surface area (Å²) in [4.78, 5) is 14.7. The number of rotatable bonds is 4. The van der Waals surface area contributed by atoms with Crippen LogP contribution in [0.5, 0.6) is 0 Å².